The number of fused-ring (bicyclic) bond motifs is 1. The molecule has 138 valence electrons. The molecule has 0 fully saturated rings. The molecule has 0 aromatic carbocycles. The number of hydrogen-bond donors (Lipinski definition) is 3. The number of hydrogen-bond acceptors (Lipinski definition) is 8. The number of anilines is 3. The highest BCUT2D eigenvalue weighted by atomic mass is 15.2. The van der Waals surface area contributed by atoms with Crippen molar-refractivity contribution in [1.29, 1.82) is 0 Å². The van der Waals surface area contributed by atoms with E-state index in [4.69, 9.17) is 0 Å². The van der Waals surface area contributed by atoms with Crippen LogP contribution in [0.25, 0.3) is 11.2 Å². The van der Waals surface area contributed by atoms with Gasteiger partial charge in [-0.25, -0.2) is 9.97 Å². The van der Waals surface area contributed by atoms with Crippen LogP contribution >= 0.6 is 0 Å². The molecule has 0 radical (unpaired) electrons. The van der Waals surface area contributed by atoms with Crippen molar-refractivity contribution in [2.45, 2.75) is 39.8 Å². The fraction of sp³-hybridized carbons (Fsp3) is 0.471. The van der Waals surface area contributed by atoms with E-state index in [9.17, 15) is 0 Å². The number of imidazole rings is 1. The zero-order valence-electron chi connectivity index (χ0n) is 15.6. The zero-order valence-corrected chi connectivity index (χ0v) is 15.6. The first kappa shape index (κ1) is 18.0. The van der Waals surface area contributed by atoms with Gasteiger partial charge in [-0.1, -0.05) is 0 Å². The van der Waals surface area contributed by atoms with Gasteiger partial charge in [-0.2, -0.15) is 9.97 Å². The molecule has 0 unspecified atom stereocenters. The molecule has 3 heterocycles. The average molecular weight is 355 g/mol. The van der Waals surface area contributed by atoms with Crippen LogP contribution in [0, 0.1) is 0 Å². The van der Waals surface area contributed by atoms with Crippen molar-refractivity contribution in [3.05, 3.63) is 24.9 Å². The Bertz CT molecular complexity index is 821. The zero-order chi connectivity index (χ0) is 18.5. The average Bonchev–Trinajstić information content (AvgIpc) is 3.07. The molecule has 0 aliphatic rings. The smallest absolute Gasteiger partial charge is 0.232 e. The van der Waals surface area contributed by atoms with Gasteiger partial charge in [0.2, 0.25) is 5.95 Å². The third-order valence-corrected chi connectivity index (χ3v) is 4.08. The lowest BCUT2D eigenvalue weighted by Gasteiger charge is -2.30. The summed E-state index contributed by atoms with van der Waals surface area (Å²) in [4.78, 5) is 27.0. The molecule has 9 heteroatoms. The Kier molecular flexibility index (Phi) is 5.57. The van der Waals surface area contributed by atoms with Crippen LogP contribution in [0.1, 0.15) is 27.7 Å². The van der Waals surface area contributed by atoms with Crippen molar-refractivity contribution in [3.8, 4) is 0 Å². The molecule has 0 atom stereocenters. The minimum Gasteiger partial charge on any atom is -0.367 e. The van der Waals surface area contributed by atoms with Crippen molar-refractivity contribution in [2.24, 2.45) is 0 Å². The fourth-order valence-corrected chi connectivity index (χ4v) is 2.91. The topological polar surface area (TPSA) is 108 Å². The summed E-state index contributed by atoms with van der Waals surface area (Å²) in [5, 5.41) is 6.46. The SMILES string of the molecule is CC(C)N(CCNc1nc(Nc2cnccn2)nc2nc[nH]c12)C(C)C. The van der Waals surface area contributed by atoms with E-state index in [1.807, 2.05) is 0 Å². The lowest BCUT2D eigenvalue weighted by Crippen LogP contribution is -2.40. The van der Waals surface area contributed by atoms with Crippen LogP contribution < -0.4 is 10.6 Å². The van der Waals surface area contributed by atoms with E-state index in [1.54, 1.807) is 24.9 Å². The summed E-state index contributed by atoms with van der Waals surface area (Å²) in [5.74, 6) is 1.72. The standard InChI is InChI=1S/C17H25N9/c1-11(2)26(12(3)4)8-7-20-15-14-16(22-10-21-14)25-17(24-15)23-13-9-18-5-6-19-13/h5-6,9-12H,7-8H2,1-4H3,(H3,19,20,21,22,23,24,25). The Morgan fingerprint density at radius 1 is 1.08 bits per heavy atom. The van der Waals surface area contributed by atoms with Crippen LogP contribution in [0.4, 0.5) is 17.6 Å². The molecular weight excluding hydrogens is 330 g/mol. The van der Waals surface area contributed by atoms with Crippen LogP contribution in [0.15, 0.2) is 24.9 Å². The second-order valence-electron chi connectivity index (χ2n) is 6.56. The summed E-state index contributed by atoms with van der Waals surface area (Å²) in [6, 6.07) is 0.978. The monoisotopic (exact) mass is 355 g/mol. The molecule has 0 aliphatic heterocycles. The van der Waals surface area contributed by atoms with E-state index < -0.39 is 0 Å². The Morgan fingerprint density at radius 2 is 1.88 bits per heavy atom. The molecule has 9 nitrogen and oxygen atoms in total. The van der Waals surface area contributed by atoms with Crippen LogP contribution in [-0.4, -0.2) is 60.0 Å². The summed E-state index contributed by atoms with van der Waals surface area (Å²) >= 11 is 0. The fourth-order valence-electron chi connectivity index (χ4n) is 2.91. The van der Waals surface area contributed by atoms with Crippen molar-refractivity contribution < 1.29 is 0 Å². The molecule has 3 rings (SSSR count). The van der Waals surface area contributed by atoms with Gasteiger partial charge < -0.3 is 15.6 Å². The quantitative estimate of drug-likeness (QED) is 0.565. The van der Waals surface area contributed by atoms with Crippen LogP contribution in [-0.2, 0) is 0 Å². The van der Waals surface area contributed by atoms with Crippen LogP contribution in [0.3, 0.4) is 0 Å². The highest BCUT2D eigenvalue weighted by molar-refractivity contribution is 5.83. The molecule has 0 spiro atoms. The lowest BCUT2D eigenvalue weighted by molar-refractivity contribution is 0.182. The third-order valence-electron chi connectivity index (χ3n) is 4.08. The lowest BCUT2D eigenvalue weighted by atomic mass is 10.2. The molecular formula is C17H25N9. The van der Waals surface area contributed by atoms with Gasteiger partial charge in [0, 0.05) is 37.6 Å². The van der Waals surface area contributed by atoms with E-state index >= 15 is 0 Å². The van der Waals surface area contributed by atoms with Gasteiger partial charge in [0.05, 0.1) is 12.5 Å². The first-order chi connectivity index (χ1) is 12.5. The van der Waals surface area contributed by atoms with E-state index in [2.05, 4.69) is 73.1 Å². The maximum absolute atomic E-state index is 4.56. The van der Waals surface area contributed by atoms with Crippen molar-refractivity contribution >= 4 is 28.7 Å². The minimum atomic E-state index is 0.428. The van der Waals surface area contributed by atoms with Crippen molar-refractivity contribution in [1.82, 2.24) is 34.8 Å². The number of nitrogens with one attached hydrogen (secondary N) is 3. The first-order valence-corrected chi connectivity index (χ1v) is 8.78. The van der Waals surface area contributed by atoms with E-state index in [1.165, 1.54) is 0 Å². The largest absolute Gasteiger partial charge is 0.367 e. The number of nitrogens with zero attached hydrogens (tertiary/aromatic N) is 6. The Labute approximate surface area is 152 Å². The van der Waals surface area contributed by atoms with Crippen LogP contribution in [0.5, 0.6) is 0 Å². The summed E-state index contributed by atoms with van der Waals surface area (Å²) in [5.41, 5.74) is 1.38. The summed E-state index contributed by atoms with van der Waals surface area (Å²) in [6.07, 6.45) is 6.46. The molecule has 0 bridgehead atoms. The maximum Gasteiger partial charge on any atom is 0.232 e. The molecule has 0 amide bonds. The molecule has 3 aromatic heterocycles. The predicted octanol–water partition coefficient (Wildman–Crippen LogP) is 2.42. The number of aromatic amines is 1. The van der Waals surface area contributed by atoms with Gasteiger partial charge in [-0.15, -0.1) is 0 Å². The summed E-state index contributed by atoms with van der Waals surface area (Å²) in [6.45, 7) is 10.5. The van der Waals surface area contributed by atoms with Gasteiger partial charge in [0.25, 0.3) is 0 Å². The van der Waals surface area contributed by atoms with Gasteiger partial charge in [-0.05, 0) is 27.7 Å². The molecule has 0 aliphatic carbocycles. The normalized spacial score (nSPS) is 11.7. The van der Waals surface area contributed by atoms with E-state index in [0.29, 0.717) is 35.3 Å². The van der Waals surface area contributed by atoms with Gasteiger partial charge >= 0.3 is 0 Å². The highest BCUT2D eigenvalue weighted by Gasteiger charge is 2.14. The van der Waals surface area contributed by atoms with Gasteiger partial charge in [0.15, 0.2) is 17.3 Å². The Morgan fingerprint density at radius 3 is 2.58 bits per heavy atom. The molecule has 0 saturated heterocycles. The molecule has 3 N–H and O–H groups in total. The summed E-state index contributed by atoms with van der Waals surface area (Å²) < 4.78 is 0. The van der Waals surface area contributed by atoms with E-state index in [-0.39, 0.29) is 0 Å². The molecule has 0 saturated carbocycles. The second-order valence-corrected chi connectivity index (χ2v) is 6.56. The molecule has 26 heavy (non-hydrogen) atoms. The van der Waals surface area contributed by atoms with Crippen molar-refractivity contribution in [2.75, 3.05) is 23.7 Å². The number of rotatable bonds is 8. The van der Waals surface area contributed by atoms with Crippen LogP contribution in [0.2, 0.25) is 0 Å². The highest BCUT2D eigenvalue weighted by Crippen LogP contribution is 2.20. The van der Waals surface area contributed by atoms with E-state index in [0.717, 1.165) is 18.6 Å². The third kappa shape index (κ3) is 4.23. The first-order valence-electron chi connectivity index (χ1n) is 8.78. The minimum absolute atomic E-state index is 0.428. The number of aromatic nitrogens is 6. The van der Waals surface area contributed by atoms with Gasteiger partial charge in [0.1, 0.15) is 5.52 Å². The Balaban J connectivity index is 1.75. The van der Waals surface area contributed by atoms with Gasteiger partial charge in [-0.3, -0.25) is 9.88 Å². The number of H-pyrrole nitrogens is 1. The predicted molar refractivity (Wildman–Crippen MR) is 102 cm³/mol. The maximum atomic E-state index is 4.56. The summed E-state index contributed by atoms with van der Waals surface area (Å²) in [7, 11) is 0. The van der Waals surface area contributed by atoms with Crippen molar-refractivity contribution in [3.63, 3.8) is 0 Å². The molecule has 3 aromatic rings. The Hall–Kier alpha value is -2.81. The second kappa shape index (κ2) is 8.05.